The Labute approximate surface area is 206 Å². The fourth-order valence-electron chi connectivity index (χ4n) is 3.13. The predicted molar refractivity (Wildman–Crippen MR) is 133 cm³/mol. The maximum absolute atomic E-state index is 8.52. The molecule has 0 aliphatic rings. The van der Waals surface area contributed by atoms with Crippen LogP contribution >= 0.6 is 0 Å². The lowest BCUT2D eigenvalue weighted by Gasteiger charge is -2.06. The van der Waals surface area contributed by atoms with E-state index in [0.717, 1.165) is 24.2 Å². The summed E-state index contributed by atoms with van der Waals surface area (Å²) in [5.41, 5.74) is 4.93. The minimum absolute atomic E-state index is 0.915. The van der Waals surface area contributed by atoms with Crippen LogP contribution in [0.3, 0.4) is 0 Å². The van der Waals surface area contributed by atoms with Gasteiger partial charge in [-0.05, 0) is 22.3 Å². The zero-order valence-corrected chi connectivity index (χ0v) is 20.7. The first-order valence-electron chi connectivity index (χ1n) is 10.7. The van der Waals surface area contributed by atoms with E-state index in [2.05, 4.69) is 95.9 Å². The van der Waals surface area contributed by atoms with Crippen molar-refractivity contribution in [2.75, 3.05) is 0 Å². The number of rotatable bonds is 6. The van der Waals surface area contributed by atoms with Gasteiger partial charge in [0.25, 0.3) is 0 Å². The van der Waals surface area contributed by atoms with Gasteiger partial charge in [0, 0.05) is 10.4 Å². The van der Waals surface area contributed by atoms with E-state index in [1.807, 2.05) is 47.8 Å². The first-order valence-corrected chi connectivity index (χ1v) is 12.0. The average Bonchev–Trinajstić information content (AvgIpc) is 3.41. The molecule has 4 rings (SSSR count). The molecule has 0 saturated heterocycles. The molecule has 0 saturated carbocycles. The van der Waals surface area contributed by atoms with Crippen LogP contribution in [0, 0.1) is 0 Å². The summed E-state index contributed by atoms with van der Waals surface area (Å²) in [5.74, 6) is 0. The highest BCUT2D eigenvalue weighted by molar-refractivity contribution is 7.79. The molecule has 0 radical (unpaired) electrons. The van der Waals surface area contributed by atoms with Crippen LogP contribution in [0.1, 0.15) is 22.3 Å². The Morgan fingerprint density at radius 2 is 1.06 bits per heavy atom. The van der Waals surface area contributed by atoms with Crippen LogP contribution in [0.2, 0.25) is 0 Å². The smallest absolute Gasteiger partial charge is 0.243 e. The Hall–Kier alpha value is -3.79. The van der Waals surface area contributed by atoms with Crippen LogP contribution in [0.4, 0.5) is 0 Å². The molecular formula is C26H30N4O4S. The van der Waals surface area contributed by atoms with Gasteiger partial charge in [-0.25, -0.2) is 18.3 Å². The molecule has 184 valence electrons. The molecule has 0 spiro atoms. The van der Waals surface area contributed by atoms with E-state index in [0.29, 0.717) is 0 Å². The minimum Gasteiger partial charge on any atom is -0.759 e. The number of hydrogen-bond acceptors (Lipinski definition) is 4. The largest absolute Gasteiger partial charge is 0.759 e. The molecule has 9 heteroatoms. The van der Waals surface area contributed by atoms with Gasteiger partial charge in [-0.2, -0.15) is 0 Å². The highest BCUT2D eigenvalue weighted by Crippen LogP contribution is 2.07. The van der Waals surface area contributed by atoms with Crippen LogP contribution in [-0.2, 0) is 37.6 Å². The van der Waals surface area contributed by atoms with Crippen LogP contribution in [0.25, 0.3) is 12.2 Å². The molecule has 0 amide bonds. The van der Waals surface area contributed by atoms with Crippen LogP contribution in [0.15, 0.2) is 99.1 Å². The molecule has 2 heterocycles. The first kappa shape index (κ1) is 27.5. The summed E-state index contributed by atoms with van der Waals surface area (Å²) in [5, 5.41) is 0. The van der Waals surface area contributed by atoms with E-state index in [1.165, 1.54) is 11.1 Å². The number of aromatic nitrogens is 4. The Kier molecular flexibility index (Phi) is 10.3. The van der Waals surface area contributed by atoms with E-state index >= 15 is 0 Å². The number of benzene rings is 2. The summed E-state index contributed by atoms with van der Waals surface area (Å²) in [6, 6.07) is 16.9. The van der Waals surface area contributed by atoms with Crippen molar-refractivity contribution >= 4 is 22.6 Å². The second kappa shape index (κ2) is 13.2. The topological polar surface area (TPSA) is 97.9 Å². The second-order valence-corrected chi connectivity index (χ2v) is 8.62. The Bertz CT molecular complexity index is 1220. The van der Waals surface area contributed by atoms with Crippen molar-refractivity contribution in [2.24, 2.45) is 14.1 Å². The molecule has 0 aliphatic carbocycles. The lowest BCUT2D eigenvalue weighted by atomic mass is 10.1. The average molecular weight is 495 g/mol. The molecule has 2 aromatic carbocycles. The van der Waals surface area contributed by atoms with Crippen molar-refractivity contribution in [1.82, 2.24) is 9.13 Å². The number of nitrogens with zero attached hydrogens (tertiary/aromatic N) is 4. The summed E-state index contributed by atoms with van der Waals surface area (Å²) >= 11 is 0. The lowest BCUT2D eigenvalue weighted by molar-refractivity contribution is -0.671. The van der Waals surface area contributed by atoms with Crippen molar-refractivity contribution in [3.05, 3.63) is 121 Å². The van der Waals surface area contributed by atoms with Crippen LogP contribution in [0.5, 0.6) is 0 Å². The molecule has 0 aliphatic heterocycles. The predicted octanol–water partition coefficient (Wildman–Crippen LogP) is 2.67. The highest BCUT2D eigenvalue weighted by atomic mass is 32.3. The summed E-state index contributed by atoms with van der Waals surface area (Å²) < 4.78 is 42.5. The van der Waals surface area contributed by atoms with E-state index in [9.17, 15) is 0 Å². The Morgan fingerprint density at radius 1 is 0.743 bits per heavy atom. The molecule has 8 nitrogen and oxygen atoms in total. The van der Waals surface area contributed by atoms with Crippen molar-refractivity contribution in [2.45, 2.75) is 13.1 Å². The second-order valence-electron chi connectivity index (χ2n) is 7.80. The van der Waals surface area contributed by atoms with Gasteiger partial charge in [0.15, 0.2) is 0 Å². The standard InChI is InChI=1S/2C13H15N2.H2O4S/c2*1-3-12-4-6-13(7-5-12)10-15-9-8-14(2)11-15;1-5(2,3)4/h2*3-9,11H,1,10H2,2H3;(H2,1,2,3,4)/q2*+1;/p-2. The zero-order chi connectivity index (χ0) is 25.8. The van der Waals surface area contributed by atoms with Crippen molar-refractivity contribution < 1.29 is 26.7 Å². The van der Waals surface area contributed by atoms with Crippen molar-refractivity contribution in [3.63, 3.8) is 0 Å². The third-order valence-electron chi connectivity index (χ3n) is 4.81. The third-order valence-corrected chi connectivity index (χ3v) is 4.81. The minimum atomic E-state index is -5.17. The maximum Gasteiger partial charge on any atom is 0.243 e. The SMILES string of the molecule is C=Cc1ccc(Cn2cc[n+](C)c2)cc1.C=Cc1ccc(Cn2cc[n+](C)c2)cc1.O=S(=O)([O-])[O-]. The molecule has 0 fully saturated rings. The number of aryl methyl sites for hydroxylation is 2. The number of hydrogen-bond donors (Lipinski definition) is 0. The summed E-state index contributed by atoms with van der Waals surface area (Å²) in [6.07, 6.45) is 16.1. The van der Waals surface area contributed by atoms with Gasteiger partial charge in [-0.1, -0.05) is 73.8 Å². The normalized spacial score (nSPS) is 10.4. The van der Waals surface area contributed by atoms with Gasteiger partial charge in [-0.3, -0.25) is 8.42 Å². The van der Waals surface area contributed by atoms with E-state index < -0.39 is 10.4 Å². The highest BCUT2D eigenvalue weighted by Gasteiger charge is 2.02. The fraction of sp³-hybridized carbons (Fsp3) is 0.154. The van der Waals surface area contributed by atoms with E-state index in [-0.39, 0.29) is 0 Å². The molecule has 0 bridgehead atoms. The number of imidazole rings is 2. The van der Waals surface area contributed by atoms with Crippen molar-refractivity contribution in [3.8, 4) is 0 Å². The fourth-order valence-corrected chi connectivity index (χ4v) is 3.13. The van der Waals surface area contributed by atoms with Gasteiger partial charge in [0.05, 0.1) is 14.1 Å². The summed E-state index contributed by atoms with van der Waals surface area (Å²) in [6.45, 7) is 9.31. The molecule has 0 unspecified atom stereocenters. The monoisotopic (exact) mass is 494 g/mol. The molecule has 0 atom stereocenters. The Balaban J connectivity index is 0.000000208. The molecule has 4 aromatic rings. The zero-order valence-electron chi connectivity index (χ0n) is 19.9. The van der Waals surface area contributed by atoms with Gasteiger partial charge in [-0.15, -0.1) is 0 Å². The van der Waals surface area contributed by atoms with Crippen molar-refractivity contribution in [1.29, 1.82) is 0 Å². The molecule has 2 aromatic heterocycles. The summed E-state index contributed by atoms with van der Waals surface area (Å²) in [4.78, 5) is 0. The van der Waals surface area contributed by atoms with Gasteiger partial charge in [0.1, 0.15) is 37.9 Å². The van der Waals surface area contributed by atoms with Crippen LogP contribution < -0.4 is 9.13 Å². The summed E-state index contributed by atoms with van der Waals surface area (Å²) in [7, 11) is -1.12. The van der Waals surface area contributed by atoms with Gasteiger partial charge in [0.2, 0.25) is 12.7 Å². The van der Waals surface area contributed by atoms with Crippen LogP contribution in [-0.4, -0.2) is 26.7 Å². The lowest BCUT2D eigenvalue weighted by Crippen LogP contribution is -2.23. The van der Waals surface area contributed by atoms with Gasteiger partial charge >= 0.3 is 0 Å². The Morgan fingerprint density at radius 3 is 1.29 bits per heavy atom. The van der Waals surface area contributed by atoms with Gasteiger partial charge < -0.3 is 9.11 Å². The van der Waals surface area contributed by atoms with E-state index in [4.69, 9.17) is 17.5 Å². The maximum atomic E-state index is 8.52. The quantitative estimate of drug-likeness (QED) is 0.234. The molecular weight excluding hydrogens is 464 g/mol. The third kappa shape index (κ3) is 11.3. The van der Waals surface area contributed by atoms with E-state index in [1.54, 1.807) is 0 Å². The molecule has 0 N–H and O–H groups in total. The molecule has 35 heavy (non-hydrogen) atoms. The first-order chi connectivity index (χ1) is 16.6.